The Labute approximate surface area is 134 Å². The number of aromatic nitrogens is 1. The smallest absolute Gasteiger partial charge is 0.254 e. The Balaban J connectivity index is 1.62. The number of rotatable bonds is 4. The number of piperazine rings is 1. The second-order valence-electron chi connectivity index (χ2n) is 5.06. The van der Waals surface area contributed by atoms with Gasteiger partial charge in [-0.3, -0.25) is 4.79 Å². The van der Waals surface area contributed by atoms with E-state index >= 15 is 0 Å². The molecule has 3 rings (SSSR count). The highest BCUT2D eigenvalue weighted by atomic mass is 32.1. The lowest BCUT2D eigenvalue weighted by Gasteiger charge is -2.35. The molecular weight excluding hydrogens is 298 g/mol. The van der Waals surface area contributed by atoms with E-state index in [0.29, 0.717) is 12.5 Å². The standard InChI is InChI=1S/C16H19N3O2S/c1-2-21-15-5-3-4-14(17-15)18-7-9-19(10-8-18)16(20)13-6-11-22-12-13/h3-6,11-12H,2,7-10H2,1H3. The lowest BCUT2D eigenvalue weighted by molar-refractivity contribution is 0.0747. The van der Waals surface area contributed by atoms with Crippen LogP contribution in [-0.2, 0) is 0 Å². The molecule has 2 aromatic rings. The summed E-state index contributed by atoms with van der Waals surface area (Å²) in [4.78, 5) is 20.9. The number of pyridine rings is 1. The maximum absolute atomic E-state index is 12.3. The molecule has 6 heteroatoms. The maximum atomic E-state index is 12.3. The lowest BCUT2D eigenvalue weighted by atomic mass is 10.2. The third kappa shape index (κ3) is 3.22. The van der Waals surface area contributed by atoms with Crippen LogP contribution >= 0.6 is 11.3 Å². The molecule has 1 amide bonds. The van der Waals surface area contributed by atoms with Crippen molar-refractivity contribution in [2.75, 3.05) is 37.7 Å². The van der Waals surface area contributed by atoms with Crippen LogP contribution in [0.4, 0.5) is 5.82 Å². The minimum Gasteiger partial charge on any atom is -0.478 e. The second kappa shape index (κ2) is 6.79. The quantitative estimate of drug-likeness (QED) is 0.869. The van der Waals surface area contributed by atoms with Crippen LogP contribution in [0.25, 0.3) is 0 Å². The number of hydrogen-bond acceptors (Lipinski definition) is 5. The first kappa shape index (κ1) is 14.8. The molecular formula is C16H19N3O2S. The van der Waals surface area contributed by atoms with Crippen molar-refractivity contribution in [3.63, 3.8) is 0 Å². The monoisotopic (exact) mass is 317 g/mol. The van der Waals surface area contributed by atoms with Gasteiger partial charge < -0.3 is 14.5 Å². The molecule has 0 spiro atoms. The highest BCUT2D eigenvalue weighted by Gasteiger charge is 2.23. The Bertz CT molecular complexity index is 622. The summed E-state index contributed by atoms with van der Waals surface area (Å²) in [5.74, 6) is 1.68. The fourth-order valence-electron chi connectivity index (χ4n) is 2.52. The molecule has 1 saturated heterocycles. The van der Waals surface area contributed by atoms with E-state index in [-0.39, 0.29) is 5.91 Å². The summed E-state index contributed by atoms with van der Waals surface area (Å²) in [7, 11) is 0. The van der Waals surface area contributed by atoms with Gasteiger partial charge in [0.2, 0.25) is 5.88 Å². The van der Waals surface area contributed by atoms with Crippen LogP contribution in [0, 0.1) is 0 Å². The van der Waals surface area contributed by atoms with Gasteiger partial charge in [-0.1, -0.05) is 6.07 Å². The SMILES string of the molecule is CCOc1cccc(N2CCN(C(=O)c3ccsc3)CC2)n1. The van der Waals surface area contributed by atoms with Gasteiger partial charge in [0, 0.05) is 37.6 Å². The Kier molecular flexibility index (Phi) is 4.58. The van der Waals surface area contributed by atoms with Gasteiger partial charge in [-0.05, 0) is 24.4 Å². The van der Waals surface area contributed by atoms with Crippen molar-refractivity contribution < 1.29 is 9.53 Å². The topological polar surface area (TPSA) is 45.7 Å². The minimum atomic E-state index is 0.122. The summed E-state index contributed by atoms with van der Waals surface area (Å²) in [6.45, 7) is 5.57. The van der Waals surface area contributed by atoms with Gasteiger partial charge in [0.15, 0.2) is 0 Å². The van der Waals surface area contributed by atoms with Crippen molar-refractivity contribution in [1.82, 2.24) is 9.88 Å². The van der Waals surface area contributed by atoms with Crippen molar-refractivity contribution >= 4 is 23.1 Å². The van der Waals surface area contributed by atoms with Gasteiger partial charge in [-0.25, -0.2) is 0 Å². The van der Waals surface area contributed by atoms with E-state index in [0.717, 1.165) is 37.6 Å². The van der Waals surface area contributed by atoms with Crippen LogP contribution in [-0.4, -0.2) is 48.6 Å². The van der Waals surface area contributed by atoms with E-state index in [9.17, 15) is 4.79 Å². The first-order valence-electron chi connectivity index (χ1n) is 7.44. The number of amides is 1. The van der Waals surface area contributed by atoms with Crippen LogP contribution in [0.1, 0.15) is 17.3 Å². The zero-order chi connectivity index (χ0) is 15.4. The number of thiophene rings is 1. The molecule has 2 aromatic heterocycles. The van der Waals surface area contributed by atoms with Gasteiger partial charge in [-0.2, -0.15) is 16.3 Å². The Morgan fingerprint density at radius 1 is 1.27 bits per heavy atom. The molecule has 116 valence electrons. The predicted octanol–water partition coefficient (Wildman–Crippen LogP) is 2.50. The third-order valence-electron chi connectivity index (χ3n) is 3.66. The fraction of sp³-hybridized carbons (Fsp3) is 0.375. The van der Waals surface area contributed by atoms with E-state index in [1.165, 1.54) is 0 Å². The first-order chi connectivity index (χ1) is 10.8. The molecule has 22 heavy (non-hydrogen) atoms. The number of carbonyl (C=O) groups excluding carboxylic acids is 1. The van der Waals surface area contributed by atoms with E-state index in [1.807, 2.05) is 46.8 Å². The van der Waals surface area contributed by atoms with Crippen LogP contribution in [0.15, 0.2) is 35.0 Å². The summed E-state index contributed by atoms with van der Waals surface area (Å²) >= 11 is 1.55. The molecule has 3 heterocycles. The molecule has 5 nitrogen and oxygen atoms in total. The van der Waals surface area contributed by atoms with Crippen LogP contribution in [0.3, 0.4) is 0 Å². The number of hydrogen-bond donors (Lipinski definition) is 0. The minimum absolute atomic E-state index is 0.122. The van der Waals surface area contributed by atoms with Crippen molar-refractivity contribution in [2.45, 2.75) is 6.92 Å². The lowest BCUT2D eigenvalue weighted by Crippen LogP contribution is -2.49. The molecule has 0 atom stereocenters. The van der Waals surface area contributed by atoms with Crippen molar-refractivity contribution in [2.24, 2.45) is 0 Å². The molecule has 1 fully saturated rings. The van der Waals surface area contributed by atoms with Gasteiger partial charge in [0.1, 0.15) is 5.82 Å². The second-order valence-corrected chi connectivity index (χ2v) is 5.84. The van der Waals surface area contributed by atoms with E-state index in [2.05, 4.69) is 9.88 Å². The zero-order valence-corrected chi connectivity index (χ0v) is 13.4. The number of nitrogens with zero attached hydrogens (tertiary/aromatic N) is 3. The fourth-order valence-corrected chi connectivity index (χ4v) is 3.15. The molecule has 0 aromatic carbocycles. The average Bonchev–Trinajstić information content (AvgIpc) is 3.09. The van der Waals surface area contributed by atoms with Crippen LogP contribution < -0.4 is 9.64 Å². The van der Waals surface area contributed by atoms with Crippen LogP contribution in [0.5, 0.6) is 5.88 Å². The number of anilines is 1. The van der Waals surface area contributed by atoms with E-state index in [1.54, 1.807) is 11.3 Å². The van der Waals surface area contributed by atoms with E-state index in [4.69, 9.17) is 4.74 Å². The third-order valence-corrected chi connectivity index (χ3v) is 4.34. The molecule has 0 radical (unpaired) electrons. The molecule has 1 aliphatic rings. The molecule has 0 saturated carbocycles. The molecule has 0 unspecified atom stereocenters. The average molecular weight is 317 g/mol. The van der Waals surface area contributed by atoms with Gasteiger partial charge >= 0.3 is 0 Å². The van der Waals surface area contributed by atoms with Crippen molar-refractivity contribution in [1.29, 1.82) is 0 Å². The molecule has 0 N–H and O–H groups in total. The molecule has 1 aliphatic heterocycles. The summed E-state index contributed by atoms with van der Waals surface area (Å²) in [6.07, 6.45) is 0. The Morgan fingerprint density at radius 3 is 2.77 bits per heavy atom. The van der Waals surface area contributed by atoms with Crippen molar-refractivity contribution in [3.8, 4) is 5.88 Å². The van der Waals surface area contributed by atoms with E-state index < -0.39 is 0 Å². The van der Waals surface area contributed by atoms with Gasteiger partial charge in [0.05, 0.1) is 12.2 Å². The first-order valence-corrected chi connectivity index (χ1v) is 8.38. The maximum Gasteiger partial charge on any atom is 0.254 e. The van der Waals surface area contributed by atoms with Crippen molar-refractivity contribution in [3.05, 3.63) is 40.6 Å². The highest BCUT2D eigenvalue weighted by molar-refractivity contribution is 7.08. The van der Waals surface area contributed by atoms with Crippen LogP contribution in [0.2, 0.25) is 0 Å². The number of carbonyl (C=O) groups is 1. The summed E-state index contributed by atoms with van der Waals surface area (Å²) in [5.41, 5.74) is 0.787. The highest BCUT2D eigenvalue weighted by Crippen LogP contribution is 2.19. The number of ether oxygens (including phenoxy) is 1. The van der Waals surface area contributed by atoms with Gasteiger partial charge in [0.25, 0.3) is 5.91 Å². The normalized spacial score (nSPS) is 15.0. The zero-order valence-electron chi connectivity index (χ0n) is 12.6. The van der Waals surface area contributed by atoms with Gasteiger partial charge in [-0.15, -0.1) is 0 Å². The Morgan fingerprint density at radius 2 is 2.09 bits per heavy atom. The summed E-state index contributed by atoms with van der Waals surface area (Å²) < 4.78 is 5.44. The molecule has 0 aliphatic carbocycles. The predicted molar refractivity (Wildman–Crippen MR) is 87.8 cm³/mol. The largest absolute Gasteiger partial charge is 0.478 e. The summed E-state index contributed by atoms with van der Waals surface area (Å²) in [6, 6.07) is 7.69. The summed E-state index contributed by atoms with van der Waals surface area (Å²) in [5, 5.41) is 3.84. The Hall–Kier alpha value is -2.08. The molecule has 0 bridgehead atoms.